The van der Waals surface area contributed by atoms with Gasteiger partial charge in [0.05, 0.1) is 13.0 Å². The molecule has 74 valence electrons. The number of nitrogens with one attached hydrogen (secondary N) is 1. The van der Waals surface area contributed by atoms with Crippen molar-refractivity contribution in [3.63, 3.8) is 0 Å². The van der Waals surface area contributed by atoms with Gasteiger partial charge in [-0.1, -0.05) is 6.07 Å². The fraction of sp³-hybridized carbons (Fsp3) is 0.300. The molecule has 2 rings (SSSR count). The number of benzene rings is 1. The minimum absolute atomic E-state index is 0.0317. The summed E-state index contributed by atoms with van der Waals surface area (Å²) in [7, 11) is 1.60. The highest BCUT2D eigenvalue weighted by Crippen LogP contribution is 2.34. The van der Waals surface area contributed by atoms with Crippen LogP contribution in [0.3, 0.4) is 0 Å². The molecule has 0 saturated carbocycles. The smallest absolute Gasteiger partial charge is 0.233 e. The van der Waals surface area contributed by atoms with Crippen LogP contribution in [0.4, 0.5) is 5.69 Å². The molecule has 1 heterocycles. The molecule has 0 aliphatic carbocycles. The van der Waals surface area contributed by atoms with Crippen LogP contribution in [0.1, 0.15) is 11.5 Å². The Morgan fingerprint density at radius 3 is 3.00 bits per heavy atom. The number of anilines is 1. The fourth-order valence-corrected chi connectivity index (χ4v) is 1.67. The quantitative estimate of drug-likeness (QED) is 0.724. The van der Waals surface area contributed by atoms with Gasteiger partial charge < -0.3 is 15.8 Å². The van der Waals surface area contributed by atoms with Crippen LogP contribution in [0.15, 0.2) is 18.2 Å². The Morgan fingerprint density at radius 2 is 2.36 bits per heavy atom. The van der Waals surface area contributed by atoms with Crippen molar-refractivity contribution in [3.05, 3.63) is 23.8 Å². The first-order valence-electron chi connectivity index (χ1n) is 4.45. The summed E-state index contributed by atoms with van der Waals surface area (Å²) in [5, 5.41) is 2.77. The normalized spacial score (nSPS) is 19.0. The van der Waals surface area contributed by atoms with Gasteiger partial charge in [-0.05, 0) is 11.6 Å². The maximum Gasteiger partial charge on any atom is 0.233 e. The van der Waals surface area contributed by atoms with Crippen LogP contribution in [-0.4, -0.2) is 19.6 Å². The largest absolute Gasteiger partial charge is 0.497 e. The number of hydrogen-bond acceptors (Lipinski definition) is 3. The van der Waals surface area contributed by atoms with Crippen LogP contribution < -0.4 is 15.8 Å². The predicted molar refractivity (Wildman–Crippen MR) is 53.4 cm³/mol. The lowest BCUT2D eigenvalue weighted by Gasteiger charge is -2.05. The minimum atomic E-state index is -0.212. The molecule has 1 aromatic rings. The first-order valence-corrected chi connectivity index (χ1v) is 4.45. The van der Waals surface area contributed by atoms with Crippen LogP contribution in [0.25, 0.3) is 0 Å². The van der Waals surface area contributed by atoms with E-state index in [2.05, 4.69) is 5.32 Å². The SMILES string of the molecule is COc1ccc2c(c1)NC(=O)[C@@H]2CN. The van der Waals surface area contributed by atoms with Crippen LogP contribution in [-0.2, 0) is 4.79 Å². The van der Waals surface area contributed by atoms with E-state index in [4.69, 9.17) is 10.5 Å². The summed E-state index contributed by atoms with van der Waals surface area (Å²) in [6.07, 6.45) is 0. The van der Waals surface area contributed by atoms with E-state index in [0.29, 0.717) is 6.54 Å². The number of carbonyl (C=O) groups excluding carboxylic acids is 1. The second kappa shape index (κ2) is 3.31. The molecule has 0 saturated heterocycles. The molecule has 0 radical (unpaired) electrons. The first kappa shape index (κ1) is 9.02. The molecule has 1 aromatic carbocycles. The number of methoxy groups -OCH3 is 1. The van der Waals surface area contributed by atoms with Gasteiger partial charge in [0.2, 0.25) is 5.91 Å². The number of amides is 1. The van der Waals surface area contributed by atoms with E-state index in [1.165, 1.54) is 0 Å². The van der Waals surface area contributed by atoms with Crippen molar-refractivity contribution in [1.29, 1.82) is 0 Å². The second-order valence-corrected chi connectivity index (χ2v) is 3.23. The zero-order chi connectivity index (χ0) is 10.1. The molecule has 0 spiro atoms. The molecule has 0 aromatic heterocycles. The highest BCUT2D eigenvalue weighted by molar-refractivity contribution is 6.03. The lowest BCUT2D eigenvalue weighted by Crippen LogP contribution is -2.20. The summed E-state index contributed by atoms with van der Waals surface area (Å²) in [5.74, 6) is 0.494. The number of fused-ring (bicyclic) bond motifs is 1. The van der Waals surface area contributed by atoms with Crippen molar-refractivity contribution in [2.75, 3.05) is 19.0 Å². The van der Waals surface area contributed by atoms with Gasteiger partial charge >= 0.3 is 0 Å². The summed E-state index contributed by atoms with van der Waals surface area (Å²) in [5.41, 5.74) is 7.28. The molecule has 0 fully saturated rings. The molecule has 0 unspecified atom stereocenters. The summed E-state index contributed by atoms with van der Waals surface area (Å²) < 4.78 is 5.06. The third-order valence-electron chi connectivity index (χ3n) is 2.45. The maximum absolute atomic E-state index is 11.4. The monoisotopic (exact) mass is 192 g/mol. The number of ether oxygens (including phenoxy) is 1. The molecule has 0 bridgehead atoms. The van der Waals surface area contributed by atoms with E-state index in [-0.39, 0.29) is 11.8 Å². The van der Waals surface area contributed by atoms with Crippen molar-refractivity contribution < 1.29 is 9.53 Å². The third kappa shape index (κ3) is 1.24. The number of rotatable bonds is 2. The van der Waals surface area contributed by atoms with Gasteiger partial charge in [-0.25, -0.2) is 0 Å². The van der Waals surface area contributed by atoms with Gasteiger partial charge in [0, 0.05) is 18.3 Å². The second-order valence-electron chi connectivity index (χ2n) is 3.23. The topological polar surface area (TPSA) is 64.3 Å². The van der Waals surface area contributed by atoms with Crippen LogP contribution >= 0.6 is 0 Å². The van der Waals surface area contributed by atoms with E-state index in [1.807, 2.05) is 18.2 Å². The van der Waals surface area contributed by atoms with Crippen LogP contribution in [0.2, 0.25) is 0 Å². The van der Waals surface area contributed by atoms with Crippen molar-refractivity contribution in [2.24, 2.45) is 5.73 Å². The first-order chi connectivity index (χ1) is 6.76. The highest BCUT2D eigenvalue weighted by atomic mass is 16.5. The average molecular weight is 192 g/mol. The molecule has 1 amide bonds. The molecule has 4 heteroatoms. The van der Waals surface area contributed by atoms with E-state index in [1.54, 1.807) is 7.11 Å². The van der Waals surface area contributed by atoms with Crippen molar-refractivity contribution >= 4 is 11.6 Å². The zero-order valence-corrected chi connectivity index (χ0v) is 7.91. The molecule has 3 N–H and O–H groups in total. The van der Waals surface area contributed by atoms with E-state index >= 15 is 0 Å². The van der Waals surface area contributed by atoms with Crippen molar-refractivity contribution in [2.45, 2.75) is 5.92 Å². The van der Waals surface area contributed by atoms with Gasteiger partial charge in [0.1, 0.15) is 5.75 Å². The van der Waals surface area contributed by atoms with Crippen LogP contribution in [0.5, 0.6) is 5.75 Å². The van der Waals surface area contributed by atoms with Crippen LogP contribution in [0, 0.1) is 0 Å². The summed E-state index contributed by atoms with van der Waals surface area (Å²) >= 11 is 0. The number of hydrogen-bond donors (Lipinski definition) is 2. The lowest BCUT2D eigenvalue weighted by molar-refractivity contribution is -0.116. The summed E-state index contributed by atoms with van der Waals surface area (Å²) in [4.78, 5) is 11.4. The molecular formula is C10H12N2O2. The Kier molecular flexibility index (Phi) is 2.13. The fourth-order valence-electron chi connectivity index (χ4n) is 1.67. The number of nitrogens with two attached hydrogens (primary N) is 1. The van der Waals surface area contributed by atoms with E-state index in [9.17, 15) is 4.79 Å². The lowest BCUT2D eigenvalue weighted by atomic mass is 10.0. The Morgan fingerprint density at radius 1 is 1.57 bits per heavy atom. The standard InChI is InChI=1S/C10H12N2O2/c1-14-6-2-3-7-8(5-11)10(13)12-9(7)4-6/h2-4,8H,5,11H2,1H3,(H,12,13)/t8-/m1/s1. The van der Waals surface area contributed by atoms with Gasteiger partial charge in [-0.15, -0.1) is 0 Å². The average Bonchev–Trinajstić information content (AvgIpc) is 2.51. The Balaban J connectivity index is 2.42. The number of carbonyl (C=O) groups is 1. The van der Waals surface area contributed by atoms with Crippen molar-refractivity contribution in [1.82, 2.24) is 0 Å². The Hall–Kier alpha value is -1.55. The molecular weight excluding hydrogens is 180 g/mol. The van der Waals surface area contributed by atoms with E-state index < -0.39 is 0 Å². The predicted octanol–water partition coefficient (Wildman–Crippen LogP) is 0.690. The molecule has 1 atom stereocenters. The minimum Gasteiger partial charge on any atom is -0.497 e. The molecule has 4 nitrogen and oxygen atoms in total. The van der Waals surface area contributed by atoms with Gasteiger partial charge in [-0.2, -0.15) is 0 Å². The zero-order valence-electron chi connectivity index (χ0n) is 7.91. The molecule has 1 aliphatic heterocycles. The Bertz CT molecular complexity index is 376. The third-order valence-corrected chi connectivity index (χ3v) is 2.45. The molecule has 1 aliphatic rings. The van der Waals surface area contributed by atoms with Crippen molar-refractivity contribution in [3.8, 4) is 5.75 Å². The van der Waals surface area contributed by atoms with Gasteiger partial charge in [0.25, 0.3) is 0 Å². The summed E-state index contributed by atoms with van der Waals surface area (Å²) in [6, 6.07) is 5.52. The summed E-state index contributed by atoms with van der Waals surface area (Å²) in [6.45, 7) is 0.338. The highest BCUT2D eigenvalue weighted by Gasteiger charge is 2.29. The Labute approximate surface area is 82.1 Å². The van der Waals surface area contributed by atoms with Gasteiger partial charge in [-0.3, -0.25) is 4.79 Å². The van der Waals surface area contributed by atoms with E-state index in [0.717, 1.165) is 17.0 Å². The van der Waals surface area contributed by atoms with Gasteiger partial charge in [0.15, 0.2) is 0 Å². The molecule has 14 heavy (non-hydrogen) atoms. The maximum atomic E-state index is 11.4.